The average Bonchev–Trinajstić information content (AvgIpc) is 1.68. The molecule has 0 saturated heterocycles. The summed E-state index contributed by atoms with van der Waals surface area (Å²) in [5.41, 5.74) is 16.3. The standard InChI is InChI=1S/C28H23N4.C19H25N4.C18H23N4.C18H25N4.4Ir/c1-19-14-15-23(22-10-6-4-7-11-22)18-26(19)27-17-16-25(20(2)29-27)28-31-30-21(3)32(28)24-12-8-5-9-13-24;1-13-11-12-17(14(2)20-13)19-22-21-18(15-7-3-4-8-15)23(19)16-9-5-6-10-16;1-13-16(11-6-12-19-13)18-21-20-17(14-7-2-3-8-14)22(18)15-9-4-5-10-15;1-12(2)17-20-21-18(16-11-10-13(3)19-14(16)4)22(17)15-8-6-5-7-9-15;;;;/h4-15,17-18H,1-3H3;11,15-16H,3-10H2,1-2H3;6,12,14-15H,2-5,7-10H2,1H3;10,12,15H,5-9H2,1-4H3;;;;/q4*-1;;;;. The average molecular weight is 2090 g/mol. The van der Waals surface area contributed by atoms with Gasteiger partial charge in [-0.2, -0.15) is 20.4 Å². The molecule has 3 aromatic carbocycles. The molecular formula is C83H96Ir4N16-4. The SMILES string of the molecule is Cc1c[c-]c(-c2nnc(C(C)C)n2C2CCCCC2)c(C)n1.Cc1c[c-]c(-c2nnc(C3CCCC3)n2C2CCCC2)c(C)n1.Cc1ccc(-c2ccccc2)cc1-c1c[c-]c(-c2nnc(C)n2-c2ccccc2)c(C)n1.Cc1ncc[c-]c1-c1nnc(C2CCCC2)n1C1CCCC1.[Ir].[Ir].[Ir].[Ir]. The summed E-state index contributed by atoms with van der Waals surface area (Å²) in [6, 6.07) is 50.0. The Hall–Kier alpha value is -6.58. The molecule has 20 heteroatoms. The molecule has 11 aromatic rings. The normalized spacial score (nSPS) is 15.6. The van der Waals surface area contributed by atoms with Crippen LogP contribution < -0.4 is 0 Å². The molecule has 0 aliphatic heterocycles. The number of benzene rings is 3. The van der Waals surface area contributed by atoms with Crippen molar-refractivity contribution in [1.82, 2.24) is 79.0 Å². The van der Waals surface area contributed by atoms with Crippen molar-refractivity contribution in [3.8, 4) is 73.6 Å². The van der Waals surface area contributed by atoms with Crippen LogP contribution in [-0.4, -0.2) is 79.0 Å². The van der Waals surface area contributed by atoms with Gasteiger partial charge in [0.05, 0.1) is 23.3 Å². The van der Waals surface area contributed by atoms with Gasteiger partial charge in [0.15, 0.2) is 0 Å². The third-order valence-corrected chi connectivity index (χ3v) is 21.0. The number of aromatic nitrogens is 16. The quantitative estimate of drug-likeness (QED) is 0.100. The summed E-state index contributed by atoms with van der Waals surface area (Å²) in [7, 11) is 0. The van der Waals surface area contributed by atoms with Crippen LogP contribution in [0.4, 0.5) is 0 Å². The van der Waals surface area contributed by atoms with Crippen LogP contribution in [-0.2, 0) is 80.4 Å². The Bertz CT molecular complexity index is 4510. The van der Waals surface area contributed by atoms with Crippen LogP contribution in [0.2, 0.25) is 0 Å². The maximum Gasteiger partial charge on any atom is 0.127 e. The number of pyridine rings is 4. The van der Waals surface area contributed by atoms with Crippen LogP contribution in [0.15, 0.2) is 109 Å². The molecule has 4 radical (unpaired) electrons. The van der Waals surface area contributed by atoms with Gasteiger partial charge in [0.2, 0.25) is 0 Å². The van der Waals surface area contributed by atoms with Crippen molar-refractivity contribution in [3.63, 3.8) is 0 Å². The van der Waals surface area contributed by atoms with E-state index in [4.69, 9.17) is 4.98 Å². The van der Waals surface area contributed by atoms with E-state index in [0.29, 0.717) is 35.9 Å². The Labute approximate surface area is 664 Å². The molecule has 548 valence electrons. The summed E-state index contributed by atoms with van der Waals surface area (Å²) in [5.74, 6) is 9.60. The van der Waals surface area contributed by atoms with Crippen LogP contribution in [0.3, 0.4) is 0 Å². The van der Waals surface area contributed by atoms with E-state index in [0.717, 1.165) is 108 Å². The minimum atomic E-state index is 0. The van der Waals surface area contributed by atoms with Gasteiger partial charge in [0.1, 0.15) is 23.3 Å². The minimum Gasteiger partial charge on any atom is -0.357 e. The molecule has 5 aliphatic carbocycles. The number of hydrogen-bond donors (Lipinski definition) is 0. The molecule has 16 rings (SSSR count). The Kier molecular flexibility index (Phi) is 29.4. The maximum atomic E-state index is 4.95. The Morgan fingerprint density at radius 3 is 1.34 bits per heavy atom. The molecule has 0 unspecified atom stereocenters. The molecule has 8 heterocycles. The monoisotopic (exact) mass is 2090 g/mol. The summed E-state index contributed by atoms with van der Waals surface area (Å²) in [5, 5.41) is 36.2. The first-order valence-corrected chi connectivity index (χ1v) is 36.7. The van der Waals surface area contributed by atoms with E-state index in [1.165, 1.54) is 163 Å². The molecule has 103 heavy (non-hydrogen) atoms. The van der Waals surface area contributed by atoms with E-state index in [1.807, 2.05) is 94.6 Å². The Morgan fingerprint density at radius 2 is 0.835 bits per heavy atom. The largest absolute Gasteiger partial charge is 0.357 e. The van der Waals surface area contributed by atoms with E-state index in [2.05, 4.69) is 176 Å². The predicted octanol–water partition coefficient (Wildman–Crippen LogP) is 19.5. The third-order valence-electron chi connectivity index (χ3n) is 21.0. The first-order valence-electron chi connectivity index (χ1n) is 36.7. The van der Waals surface area contributed by atoms with Crippen molar-refractivity contribution < 1.29 is 80.4 Å². The summed E-state index contributed by atoms with van der Waals surface area (Å²) in [6.07, 6.45) is 28.9. The third kappa shape index (κ3) is 18.5. The molecule has 0 amide bonds. The number of hydrogen-bond acceptors (Lipinski definition) is 12. The number of para-hydroxylation sites is 1. The second-order valence-electron chi connectivity index (χ2n) is 28.5. The van der Waals surface area contributed by atoms with E-state index in [-0.39, 0.29) is 80.4 Å². The van der Waals surface area contributed by atoms with Crippen LogP contribution in [0.25, 0.3) is 73.6 Å². The molecule has 5 aliphatic rings. The Morgan fingerprint density at radius 1 is 0.398 bits per heavy atom. The molecule has 16 nitrogen and oxygen atoms in total. The molecule has 8 aromatic heterocycles. The van der Waals surface area contributed by atoms with Gasteiger partial charge in [0.25, 0.3) is 0 Å². The molecule has 5 fully saturated rings. The van der Waals surface area contributed by atoms with Crippen LogP contribution in [0.1, 0.15) is 248 Å². The number of aryl methyl sites for hydroxylation is 8. The summed E-state index contributed by atoms with van der Waals surface area (Å²) in [4.78, 5) is 18.6. The zero-order chi connectivity index (χ0) is 68.5. The minimum absolute atomic E-state index is 0. The fraction of sp³-hybridized carbons (Fsp3) is 0.446. The second kappa shape index (κ2) is 37.6. The molecule has 5 saturated carbocycles. The van der Waals surface area contributed by atoms with Crippen molar-refractivity contribution in [3.05, 3.63) is 197 Å². The van der Waals surface area contributed by atoms with Gasteiger partial charge in [-0.1, -0.05) is 227 Å². The van der Waals surface area contributed by atoms with E-state index >= 15 is 0 Å². The van der Waals surface area contributed by atoms with E-state index in [9.17, 15) is 0 Å². The van der Waals surface area contributed by atoms with Crippen molar-refractivity contribution in [2.45, 2.75) is 240 Å². The maximum absolute atomic E-state index is 4.95. The van der Waals surface area contributed by atoms with Gasteiger partial charge < -0.3 is 38.2 Å². The van der Waals surface area contributed by atoms with Crippen molar-refractivity contribution in [2.24, 2.45) is 0 Å². The molecular weight excluding hydrogens is 1990 g/mol. The van der Waals surface area contributed by atoms with E-state index < -0.39 is 0 Å². The van der Waals surface area contributed by atoms with Gasteiger partial charge in [-0.25, -0.2) is 0 Å². The topological polar surface area (TPSA) is 174 Å². The summed E-state index contributed by atoms with van der Waals surface area (Å²) in [6.45, 7) is 20.6. The van der Waals surface area contributed by atoms with Crippen LogP contribution in [0, 0.1) is 79.7 Å². The summed E-state index contributed by atoms with van der Waals surface area (Å²) >= 11 is 0. The zero-order valence-corrected chi connectivity index (χ0v) is 70.8. The van der Waals surface area contributed by atoms with Gasteiger partial charge in [-0.05, 0) is 147 Å². The van der Waals surface area contributed by atoms with E-state index in [1.54, 1.807) is 6.20 Å². The Balaban J connectivity index is 0.000000160. The first-order chi connectivity index (χ1) is 48.3. The zero-order valence-electron chi connectivity index (χ0n) is 61.2. The first kappa shape index (κ1) is 80.5. The molecule has 0 N–H and O–H groups in total. The van der Waals surface area contributed by atoms with Crippen LogP contribution >= 0.6 is 0 Å². The molecule has 0 bridgehead atoms. The van der Waals surface area contributed by atoms with Gasteiger partial charge in [0, 0.05) is 122 Å². The summed E-state index contributed by atoms with van der Waals surface area (Å²) < 4.78 is 9.32. The van der Waals surface area contributed by atoms with Crippen molar-refractivity contribution in [2.75, 3.05) is 0 Å². The molecule has 0 spiro atoms. The smallest absolute Gasteiger partial charge is 0.127 e. The van der Waals surface area contributed by atoms with Gasteiger partial charge >= 0.3 is 0 Å². The predicted molar refractivity (Wildman–Crippen MR) is 392 cm³/mol. The van der Waals surface area contributed by atoms with Gasteiger partial charge in [-0.3, -0.25) is 0 Å². The fourth-order valence-corrected chi connectivity index (χ4v) is 15.9. The molecule has 0 atom stereocenters. The van der Waals surface area contributed by atoms with Crippen molar-refractivity contribution >= 4 is 0 Å². The van der Waals surface area contributed by atoms with Crippen molar-refractivity contribution in [1.29, 1.82) is 0 Å². The van der Waals surface area contributed by atoms with Gasteiger partial charge in [-0.15, -0.1) is 68.9 Å². The number of rotatable bonds is 13. The fourth-order valence-electron chi connectivity index (χ4n) is 15.9. The number of nitrogens with zero attached hydrogens (tertiary/aromatic N) is 16. The van der Waals surface area contributed by atoms with Crippen LogP contribution in [0.5, 0.6) is 0 Å². The second-order valence-corrected chi connectivity index (χ2v) is 28.5.